The van der Waals surface area contributed by atoms with Gasteiger partial charge in [0.15, 0.2) is 0 Å². The summed E-state index contributed by atoms with van der Waals surface area (Å²) in [6.45, 7) is 1.97. The van der Waals surface area contributed by atoms with Crippen LogP contribution in [0.25, 0.3) is 17.2 Å². The molecule has 7 nitrogen and oxygen atoms in total. The fourth-order valence-corrected chi connectivity index (χ4v) is 4.21. The lowest BCUT2D eigenvalue weighted by molar-refractivity contribution is -0.131. The van der Waals surface area contributed by atoms with Gasteiger partial charge in [0.1, 0.15) is 12.6 Å². The van der Waals surface area contributed by atoms with Crippen LogP contribution >= 0.6 is 0 Å². The maximum Gasteiger partial charge on any atom is 0.407 e. The van der Waals surface area contributed by atoms with Crippen LogP contribution < -0.4 is 10.6 Å². The minimum atomic E-state index is -1.03. The van der Waals surface area contributed by atoms with E-state index in [0.717, 1.165) is 28.3 Å². The first-order chi connectivity index (χ1) is 17.0. The molecule has 0 radical (unpaired) electrons. The van der Waals surface area contributed by atoms with Crippen LogP contribution in [0.1, 0.15) is 36.0 Å². The average molecular weight is 471 g/mol. The molecule has 1 atom stereocenters. The van der Waals surface area contributed by atoms with Gasteiger partial charge in [-0.05, 0) is 52.4 Å². The molecule has 0 unspecified atom stereocenters. The van der Waals surface area contributed by atoms with Gasteiger partial charge in [-0.3, -0.25) is 4.79 Å². The minimum Gasteiger partial charge on any atom is -0.478 e. The second kappa shape index (κ2) is 10.7. The quantitative estimate of drug-likeness (QED) is 0.400. The molecule has 3 N–H and O–H groups in total. The van der Waals surface area contributed by atoms with E-state index in [1.807, 2.05) is 36.4 Å². The molecule has 1 aliphatic rings. The van der Waals surface area contributed by atoms with Gasteiger partial charge in [0.05, 0.1) is 0 Å². The molecule has 0 aromatic heterocycles. The summed E-state index contributed by atoms with van der Waals surface area (Å²) in [7, 11) is 0. The number of hydrogen-bond acceptors (Lipinski definition) is 4. The van der Waals surface area contributed by atoms with Crippen LogP contribution in [-0.4, -0.2) is 35.7 Å². The summed E-state index contributed by atoms with van der Waals surface area (Å²) in [6.07, 6.45) is 2.23. The van der Waals surface area contributed by atoms with Gasteiger partial charge in [0, 0.05) is 17.7 Å². The summed E-state index contributed by atoms with van der Waals surface area (Å²) in [5.41, 5.74) is 5.75. The molecule has 1 aliphatic carbocycles. The number of fused-ring (bicyclic) bond motifs is 3. The Balaban J connectivity index is 1.34. The fraction of sp³-hybridized carbons (Fsp3) is 0.179. The normalized spacial score (nSPS) is 13.1. The maximum absolute atomic E-state index is 12.7. The Labute approximate surface area is 203 Å². The predicted octanol–water partition coefficient (Wildman–Crippen LogP) is 5.04. The Hall–Kier alpha value is -4.39. The van der Waals surface area contributed by atoms with Crippen molar-refractivity contribution in [2.45, 2.75) is 25.3 Å². The Kier molecular flexibility index (Phi) is 7.26. The van der Waals surface area contributed by atoms with E-state index in [4.69, 9.17) is 9.84 Å². The third kappa shape index (κ3) is 5.58. The molecule has 4 rings (SSSR count). The number of carbonyl (C=O) groups is 3. The van der Waals surface area contributed by atoms with Crippen LogP contribution in [0.5, 0.6) is 0 Å². The molecule has 0 saturated carbocycles. The molecule has 0 spiro atoms. The van der Waals surface area contributed by atoms with Crippen molar-refractivity contribution in [1.29, 1.82) is 0 Å². The average Bonchev–Trinajstić information content (AvgIpc) is 3.19. The number of carboxylic acids is 1. The number of carbonyl (C=O) groups excluding carboxylic acids is 2. The van der Waals surface area contributed by atoms with Crippen LogP contribution in [0.3, 0.4) is 0 Å². The Morgan fingerprint density at radius 1 is 0.943 bits per heavy atom. The molecule has 7 heteroatoms. The van der Waals surface area contributed by atoms with Gasteiger partial charge in [-0.15, -0.1) is 0 Å². The molecule has 178 valence electrons. The molecule has 3 aromatic rings. The first kappa shape index (κ1) is 23.8. The zero-order valence-electron chi connectivity index (χ0n) is 19.2. The van der Waals surface area contributed by atoms with E-state index in [1.54, 1.807) is 31.2 Å². The number of benzene rings is 3. The number of ether oxygens (including phenoxy) is 1. The molecule has 3 aromatic carbocycles. The highest BCUT2D eigenvalue weighted by Gasteiger charge is 2.29. The van der Waals surface area contributed by atoms with E-state index in [1.165, 1.54) is 6.08 Å². The van der Waals surface area contributed by atoms with E-state index in [9.17, 15) is 14.4 Å². The third-order valence-electron chi connectivity index (χ3n) is 5.96. The van der Waals surface area contributed by atoms with Crippen LogP contribution in [-0.2, 0) is 14.3 Å². The van der Waals surface area contributed by atoms with Crippen LogP contribution in [0.15, 0.2) is 78.9 Å². The number of nitrogens with one attached hydrogen (secondary N) is 2. The predicted molar refractivity (Wildman–Crippen MR) is 134 cm³/mol. The zero-order valence-corrected chi connectivity index (χ0v) is 19.2. The molecular formula is C28H26N2O5. The highest BCUT2D eigenvalue weighted by atomic mass is 16.5. The van der Waals surface area contributed by atoms with E-state index in [-0.39, 0.29) is 18.4 Å². The van der Waals surface area contributed by atoms with Crippen molar-refractivity contribution in [3.63, 3.8) is 0 Å². The van der Waals surface area contributed by atoms with Crippen LogP contribution in [0.4, 0.5) is 10.5 Å². The van der Waals surface area contributed by atoms with Crippen molar-refractivity contribution in [2.75, 3.05) is 11.9 Å². The Bertz CT molecular complexity index is 1220. The summed E-state index contributed by atoms with van der Waals surface area (Å²) in [4.78, 5) is 35.9. The monoisotopic (exact) mass is 470 g/mol. The number of aliphatic carboxylic acids is 1. The number of anilines is 1. The summed E-state index contributed by atoms with van der Waals surface area (Å²) >= 11 is 0. The molecule has 0 fully saturated rings. The van der Waals surface area contributed by atoms with Gasteiger partial charge >= 0.3 is 12.1 Å². The zero-order chi connectivity index (χ0) is 24.8. The van der Waals surface area contributed by atoms with Crippen LogP contribution in [0, 0.1) is 0 Å². The highest BCUT2D eigenvalue weighted by molar-refractivity contribution is 5.96. The Morgan fingerprint density at radius 2 is 1.54 bits per heavy atom. The second-order valence-corrected chi connectivity index (χ2v) is 8.21. The largest absolute Gasteiger partial charge is 0.478 e. The van der Waals surface area contributed by atoms with Gasteiger partial charge < -0.3 is 20.5 Å². The summed E-state index contributed by atoms with van der Waals surface area (Å²) in [6, 6.07) is 22.1. The van der Waals surface area contributed by atoms with Crippen molar-refractivity contribution in [2.24, 2.45) is 0 Å². The molecule has 2 amide bonds. The van der Waals surface area contributed by atoms with Crippen molar-refractivity contribution in [3.8, 4) is 11.1 Å². The first-order valence-corrected chi connectivity index (χ1v) is 11.4. The molecule has 0 aliphatic heterocycles. The standard InChI is InChI=1S/C28H26N2O5/c1-2-25(27(33)29-19-14-11-18(12-15-19)13-16-26(31)32)30-28(34)35-17-24-22-9-5-3-7-20(22)21-8-4-6-10-23(21)24/h3-16,24-25H,2,17H2,1H3,(H,29,33)(H,30,34)(H,31,32)/b16-13+/t25-/m0/s1. The van der Waals surface area contributed by atoms with Crippen molar-refractivity contribution >= 4 is 29.7 Å². The third-order valence-corrected chi connectivity index (χ3v) is 5.96. The fourth-order valence-electron chi connectivity index (χ4n) is 4.21. The van der Waals surface area contributed by atoms with E-state index >= 15 is 0 Å². The lowest BCUT2D eigenvalue weighted by atomic mass is 9.98. The minimum absolute atomic E-state index is 0.0595. The van der Waals surface area contributed by atoms with Gasteiger partial charge in [-0.2, -0.15) is 0 Å². The smallest absolute Gasteiger partial charge is 0.407 e. The van der Waals surface area contributed by atoms with Crippen molar-refractivity contribution in [1.82, 2.24) is 5.32 Å². The molecule has 0 saturated heterocycles. The SMILES string of the molecule is CC[C@H](NC(=O)OCC1c2ccccc2-c2ccccc21)C(=O)Nc1ccc(/C=C/C(=O)O)cc1. The lowest BCUT2D eigenvalue weighted by Crippen LogP contribution is -2.43. The molecule has 35 heavy (non-hydrogen) atoms. The number of alkyl carbamates (subject to hydrolysis) is 1. The second-order valence-electron chi connectivity index (χ2n) is 8.21. The van der Waals surface area contributed by atoms with E-state index in [2.05, 4.69) is 22.8 Å². The van der Waals surface area contributed by atoms with Crippen molar-refractivity contribution < 1.29 is 24.2 Å². The van der Waals surface area contributed by atoms with E-state index in [0.29, 0.717) is 17.7 Å². The molecule has 0 heterocycles. The van der Waals surface area contributed by atoms with Gasteiger partial charge in [0.2, 0.25) is 5.91 Å². The van der Waals surface area contributed by atoms with Gasteiger partial charge in [0.25, 0.3) is 0 Å². The lowest BCUT2D eigenvalue weighted by Gasteiger charge is -2.19. The summed E-state index contributed by atoms with van der Waals surface area (Å²) in [5.74, 6) is -1.46. The van der Waals surface area contributed by atoms with Gasteiger partial charge in [-0.1, -0.05) is 67.6 Å². The number of amides is 2. The highest BCUT2D eigenvalue weighted by Crippen LogP contribution is 2.44. The first-order valence-electron chi connectivity index (χ1n) is 11.4. The van der Waals surface area contributed by atoms with Gasteiger partial charge in [-0.25, -0.2) is 9.59 Å². The summed E-state index contributed by atoms with van der Waals surface area (Å²) < 4.78 is 5.55. The topological polar surface area (TPSA) is 105 Å². The molecule has 0 bridgehead atoms. The Morgan fingerprint density at radius 3 is 2.11 bits per heavy atom. The van der Waals surface area contributed by atoms with Crippen molar-refractivity contribution in [3.05, 3.63) is 95.6 Å². The number of carboxylic acid groups (broad SMARTS) is 1. The number of hydrogen-bond donors (Lipinski definition) is 3. The summed E-state index contributed by atoms with van der Waals surface area (Å²) in [5, 5.41) is 14.1. The van der Waals surface area contributed by atoms with E-state index < -0.39 is 18.1 Å². The number of rotatable bonds is 8. The maximum atomic E-state index is 12.7. The van der Waals surface area contributed by atoms with Crippen LogP contribution in [0.2, 0.25) is 0 Å². The molecular weight excluding hydrogens is 444 g/mol.